The van der Waals surface area contributed by atoms with E-state index in [1.807, 2.05) is 6.92 Å². The lowest BCUT2D eigenvalue weighted by Crippen LogP contribution is -2.26. The number of carbonyl (C=O) groups is 1. The van der Waals surface area contributed by atoms with E-state index in [1.165, 1.54) is 0 Å². The zero-order valence-electron chi connectivity index (χ0n) is 11.3. The van der Waals surface area contributed by atoms with Crippen LogP contribution in [0.4, 0.5) is 0 Å². The Morgan fingerprint density at radius 2 is 2.00 bits per heavy atom. The highest BCUT2D eigenvalue weighted by Gasteiger charge is 2.17. The SMILES string of the molecule is Cc1occc1COC(=O)C(C)Oc1ccc(Cl)cc1. The lowest BCUT2D eigenvalue weighted by molar-refractivity contribution is -0.152. The van der Waals surface area contributed by atoms with Crippen molar-refractivity contribution in [2.24, 2.45) is 0 Å². The lowest BCUT2D eigenvalue weighted by atomic mass is 10.3. The van der Waals surface area contributed by atoms with Crippen LogP contribution in [0.1, 0.15) is 18.2 Å². The smallest absolute Gasteiger partial charge is 0.347 e. The molecule has 1 heterocycles. The van der Waals surface area contributed by atoms with Crippen molar-refractivity contribution in [3.63, 3.8) is 0 Å². The molecular weight excluding hydrogens is 280 g/mol. The molecule has 0 aliphatic heterocycles. The Balaban J connectivity index is 1.86. The maximum atomic E-state index is 11.8. The largest absolute Gasteiger partial charge is 0.479 e. The molecule has 0 fully saturated rings. The fourth-order valence-corrected chi connectivity index (χ4v) is 1.72. The Kier molecular flexibility index (Phi) is 4.69. The van der Waals surface area contributed by atoms with Gasteiger partial charge in [0.05, 0.1) is 6.26 Å². The zero-order valence-corrected chi connectivity index (χ0v) is 12.0. The van der Waals surface area contributed by atoms with Crippen molar-refractivity contribution in [3.8, 4) is 5.75 Å². The van der Waals surface area contributed by atoms with Gasteiger partial charge in [0.1, 0.15) is 18.1 Å². The number of hydrogen-bond acceptors (Lipinski definition) is 4. The number of halogens is 1. The highest BCUT2D eigenvalue weighted by atomic mass is 35.5. The Labute approximate surface area is 122 Å². The molecule has 0 aliphatic carbocycles. The summed E-state index contributed by atoms with van der Waals surface area (Å²) in [4.78, 5) is 11.8. The summed E-state index contributed by atoms with van der Waals surface area (Å²) in [5.41, 5.74) is 0.844. The molecule has 0 bridgehead atoms. The summed E-state index contributed by atoms with van der Waals surface area (Å²) in [7, 11) is 0. The zero-order chi connectivity index (χ0) is 14.5. The molecule has 1 aromatic carbocycles. The Bertz CT molecular complexity index is 574. The van der Waals surface area contributed by atoms with Crippen molar-refractivity contribution in [2.45, 2.75) is 26.6 Å². The summed E-state index contributed by atoms with van der Waals surface area (Å²) in [6, 6.07) is 8.57. The average Bonchev–Trinajstić information content (AvgIpc) is 2.84. The molecule has 5 heteroatoms. The van der Waals surface area contributed by atoms with Gasteiger partial charge >= 0.3 is 5.97 Å². The van der Waals surface area contributed by atoms with E-state index in [0.717, 1.165) is 11.3 Å². The number of benzene rings is 1. The van der Waals surface area contributed by atoms with Crippen molar-refractivity contribution in [2.75, 3.05) is 0 Å². The maximum Gasteiger partial charge on any atom is 0.347 e. The lowest BCUT2D eigenvalue weighted by Gasteiger charge is -2.13. The number of ether oxygens (including phenoxy) is 2. The predicted molar refractivity (Wildman–Crippen MR) is 74.8 cm³/mol. The second kappa shape index (κ2) is 6.48. The third-order valence-electron chi connectivity index (χ3n) is 2.79. The number of rotatable bonds is 5. The van der Waals surface area contributed by atoms with Gasteiger partial charge in [-0.05, 0) is 44.2 Å². The van der Waals surface area contributed by atoms with Gasteiger partial charge in [0, 0.05) is 10.6 Å². The minimum Gasteiger partial charge on any atom is -0.479 e. The van der Waals surface area contributed by atoms with E-state index >= 15 is 0 Å². The van der Waals surface area contributed by atoms with E-state index < -0.39 is 12.1 Å². The molecule has 1 unspecified atom stereocenters. The van der Waals surface area contributed by atoms with Gasteiger partial charge in [-0.25, -0.2) is 4.79 Å². The molecular formula is C15H15ClO4. The highest BCUT2D eigenvalue weighted by Crippen LogP contribution is 2.17. The molecule has 0 aliphatic rings. The quantitative estimate of drug-likeness (QED) is 0.788. The van der Waals surface area contributed by atoms with E-state index in [1.54, 1.807) is 43.5 Å². The first-order chi connectivity index (χ1) is 9.56. The molecule has 106 valence electrons. The normalized spacial score (nSPS) is 11.9. The van der Waals surface area contributed by atoms with Crippen molar-refractivity contribution < 1.29 is 18.7 Å². The minimum absolute atomic E-state index is 0.176. The van der Waals surface area contributed by atoms with Crippen molar-refractivity contribution in [3.05, 3.63) is 52.9 Å². The second-order valence-corrected chi connectivity index (χ2v) is 4.76. The number of esters is 1. The standard InChI is InChI=1S/C15H15ClO4/c1-10-12(7-8-18-10)9-19-15(17)11(2)20-14-5-3-13(16)4-6-14/h3-8,11H,9H2,1-2H3. The van der Waals surface area contributed by atoms with Gasteiger partial charge in [0.2, 0.25) is 0 Å². The first-order valence-corrected chi connectivity index (χ1v) is 6.56. The average molecular weight is 295 g/mol. The van der Waals surface area contributed by atoms with Gasteiger partial charge in [0.25, 0.3) is 0 Å². The number of aryl methyl sites for hydroxylation is 1. The van der Waals surface area contributed by atoms with Crippen LogP contribution in [0.15, 0.2) is 41.0 Å². The molecule has 4 nitrogen and oxygen atoms in total. The Morgan fingerprint density at radius 3 is 2.60 bits per heavy atom. The molecule has 20 heavy (non-hydrogen) atoms. The fourth-order valence-electron chi connectivity index (χ4n) is 1.59. The maximum absolute atomic E-state index is 11.8. The third-order valence-corrected chi connectivity index (χ3v) is 3.05. The van der Waals surface area contributed by atoms with Crippen molar-refractivity contribution >= 4 is 17.6 Å². The molecule has 2 aromatic rings. The number of furan rings is 1. The van der Waals surface area contributed by atoms with E-state index in [4.69, 9.17) is 25.5 Å². The number of hydrogen-bond donors (Lipinski definition) is 0. The van der Waals surface area contributed by atoms with Crippen molar-refractivity contribution in [1.82, 2.24) is 0 Å². The van der Waals surface area contributed by atoms with Gasteiger partial charge in [-0.3, -0.25) is 0 Å². The van der Waals surface area contributed by atoms with E-state index in [9.17, 15) is 4.79 Å². The third kappa shape index (κ3) is 3.78. The molecule has 0 saturated carbocycles. The highest BCUT2D eigenvalue weighted by molar-refractivity contribution is 6.30. The molecule has 0 N–H and O–H groups in total. The summed E-state index contributed by atoms with van der Waals surface area (Å²) < 4.78 is 15.8. The molecule has 0 radical (unpaired) electrons. The Morgan fingerprint density at radius 1 is 1.30 bits per heavy atom. The van der Waals surface area contributed by atoms with Crippen LogP contribution in [0, 0.1) is 6.92 Å². The van der Waals surface area contributed by atoms with Crippen LogP contribution in [0.5, 0.6) is 5.75 Å². The summed E-state index contributed by atoms with van der Waals surface area (Å²) in [5, 5.41) is 0.614. The van der Waals surface area contributed by atoms with Crippen LogP contribution in [-0.4, -0.2) is 12.1 Å². The minimum atomic E-state index is -0.691. The van der Waals surface area contributed by atoms with Gasteiger partial charge < -0.3 is 13.9 Å². The van der Waals surface area contributed by atoms with Gasteiger partial charge in [-0.15, -0.1) is 0 Å². The molecule has 2 rings (SSSR count). The number of carbonyl (C=O) groups excluding carboxylic acids is 1. The van der Waals surface area contributed by atoms with Crippen LogP contribution in [0.25, 0.3) is 0 Å². The van der Waals surface area contributed by atoms with E-state index in [2.05, 4.69) is 0 Å². The van der Waals surface area contributed by atoms with Gasteiger partial charge in [-0.1, -0.05) is 11.6 Å². The van der Waals surface area contributed by atoms with Crippen LogP contribution >= 0.6 is 11.6 Å². The monoisotopic (exact) mass is 294 g/mol. The summed E-state index contributed by atoms with van der Waals surface area (Å²) in [6.45, 7) is 3.63. The van der Waals surface area contributed by atoms with Crippen LogP contribution < -0.4 is 4.74 Å². The Hall–Kier alpha value is -1.94. The van der Waals surface area contributed by atoms with E-state index in [0.29, 0.717) is 10.8 Å². The van der Waals surface area contributed by atoms with Crippen LogP contribution in [0.3, 0.4) is 0 Å². The van der Waals surface area contributed by atoms with E-state index in [-0.39, 0.29) is 6.61 Å². The first-order valence-electron chi connectivity index (χ1n) is 6.18. The molecule has 0 saturated heterocycles. The summed E-state index contributed by atoms with van der Waals surface area (Å²) in [6.07, 6.45) is 0.870. The first kappa shape index (κ1) is 14.5. The molecule has 0 spiro atoms. The van der Waals surface area contributed by atoms with Gasteiger partial charge in [-0.2, -0.15) is 0 Å². The van der Waals surface area contributed by atoms with Crippen LogP contribution in [-0.2, 0) is 16.1 Å². The fraction of sp³-hybridized carbons (Fsp3) is 0.267. The topological polar surface area (TPSA) is 48.7 Å². The van der Waals surface area contributed by atoms with Crippen molar-refractivity contribution in [1.29, 1.82) is 0 Å². The predicted octanol–water partition coefficient (Wildman–Crippen LogP) is 3.75. The van der Waals surface area contributed by atoms with Gasteiger partial charge in [0.15, 0.2) is 6.10 Å². The molecule has 0 amide bonds. The van der Waals surface area contributed by atoms with Crippen LogP contribution in [0.2, 0.25) is 5.02 Å². The summed E-state index contributed by atoms with van der Waals surface area (Å²) >= 11 is 5.78. The molecule has 1 aromatic heterocycles. The molecule has 1 atom stereocenters. The summed E-state index contributed by atoms with van der Waals surface area (Å²) in [5.74, 6) is 0.878. The second-order valence-electron chi connectivity index (χ2n) is 4.32.